The fraction of sp³-hybridized carbons (Fsp3) is 0.100. The lowest BCUT2D eigenvalue weighted by molar-refractivity contribution is 0.395. The molecular weight excluding hydrogens is 336 g/mol. The molecule has 0 saturated heterocycles. The van der Waals surface area contributed by atoms with Crippen LogP contribution in [0, 0.1) is 0 Å². The Morgan fingerprint density at radius 1 is 0.625 bits per heavy atom. The Labute approximate surface area is 148 Å². The molecule has 2 nitrogen and oxygen atoms in total. The van der Waals surface area contributed by atoms with E-state index >= 15 is 0 Å². The summed E-state index contributed by atoms with van der Waals surface area (Å²) in [4.78, 5) is 0. The van der Waals surface area contributed by atoms with Gasteiger partial charge in [0.1, 0.15) is 11.5 Å². The number of halogens is 1. The predicted molar refractivity (Wildman–Crippen MR) is 103 cm³/mol. The molecule has 0 fully saturated rings. The normalized spacial score (nSPS) is 11.1. The van der Waals surface area contributed by atoms with Gasteiger partial charge in [-0.1, -0.05) is 60.7 Å². The van der Waals surface area contributed by atoms with Gasteiger partial charge in [-0.3, -0.25) is 0 Å². The summed E-state index contributed by atoms with van der Waals surface area (Å²) >= 11 is 7.40. The predicted octanol–water partition coefficient (Wildman–Crippen LogP) is 2.91. The van der Waals surface area contributed by atoms with Crippen LogP contribution in [0.4, 0.5) is 0 Å². The number of methoxy groups -OCH3 is 2. The van der Waals surface area contributed by atoms with Crippen molar-refractivity contribution in [2.24, 2.45) is 0 Å². The van der Waals surface area contributed by atoms with Crippen molar-refractivity contribution in [3.63, 3.8) is 0 Å². The van der Waals surface area contributed by atoms with Crippen LogP contribution in [0.5, 0.6) is 11.5 Å². The maximum atomic E-state index is 7.40. The van der Waals surface area contributed by atoms with Crippen molar-refractivity contribution < 1.29 is 9.47 Å². The van der Waals surface area contributed by atoms with Gasteiger partial charge in [0.2, 0.25) is 7.38 Å². The number of ether oxygens (including phenoxy) is 2. The van der Waals surface area contributed by atoms with Gasteiger partial charge < -0.3 is 9.47 Å². The Hall–Kier alpha value is -2.23. The van der Waals surface area contributed by atoms with E-state index in [1.54, 1.807) is 14.2 Å². The Balaban J connectivity index is 2.27. The Morgan fingerprint density at radius 3 is 1.42 bits per heavy atom. The molecule has 0 unspecified atom stereocenters. The zero-order valence-corrected chi connectivity index (χ0v) is 15.5. The molecule has 0 N–H and O–H groups in total. The average Bonchev–Trinajstić information content (AvgIpc) is 2.68. The molecule has 0 saturated carbocycles. The second-order valence-corrected chi connectivity index (χ2v) is 10.2. The van der Waals surface area contributed by atoms with E-state index in [1.165, 1.54) is 0 Å². The molecule has 3 aromatic carbocycles. The summed E-state index contributed by atoms with van der Waals surface area (Å²) in [5.74, 6) is 1.49. The summed E-state index contributed by atoms with van der Waals surface area (Å²) in [6.07, 6.45) is 0. The molecule has 122 valence electrons. The molecule has 0 aliphatic heterocycles. The first-order chi connectivity index (χ1) is 11.7. The van der Waals surface area contributed by atoms with Crippen molar-refractivity contribution in [1.82, 2.24) is 0 Å². The molecule has 24 heavy (non-hydrogen) atoms. The quantitative estimate of drug-likeness (QED) is 0.398. The second-order valence-electron chi connectivity index (χ2n) is 5.49. The number of hydrogen-bond donors (Lipinski definition) is 0. The van der Waals surface area contributed by atoms with E-state index in [1.807, 2.05) is 54.6 Å². The van der Waals surface area contributed by atoms with Crippen LogP contribution in [0.3, 0.4) is 0 Å². The third kappa shape index (κ3) is 3.05. The summed E-state index contributed by atoms with van der Waals surface area (Å²) in [7, 11) is 0.647. The van der Waals surface area contributed by atoms with Crippen LogP contribution < -0.4 is 25.0 Å². The van der Waals surface area contributed by atoms with Crippen molar-refractivity contribution >= 4 is 34.0 Å². The fourth-order valence-electron chi connectivity index (χ4n) is 2.84. The molecule has 0 aliphatic rings. The van der Waals surface area contributed by atoms with Crippen LogP contribution in [0.25, 0.3) is 0 Å². The van der Waals surface area contributed by atoms with Gasteiger partial charge in [-0.25, -0.2) is 0 Å². The smallest absolute Gasteiger partial charge is 0.248 e. The summed E-state index contributed by atoms with van der Waals surface area (Å²) in [6, 6.07) is 26.4. The lowest BCUT2D eigenvalue weighted by Gasteiger charge is -2.27. The van der Waals surface area contributed by atoms with Gasteiger partial charge in [-0.05, 0) is 27.7 Å². The first kappa shape index (κ1) is 16.6. The van der Waals surface area contributed by atoms with Crippen LogP contribution in [0.1, 0.15) is 0 Å². The van der Waals surface area contributed by atoms with Crippen molar-refractivity contribution in [1.29, 1.82) is 0 Å². The molecule has 0 amide bonds. The van der Waals surface area contributed by atoms with Gasteiger partial charge in [0.05, 0.1) is 14.2 Å². The highest BCUT2D eigenvalue weighted by atomic mass is 35.6. The topological polar surface area (TPSA) is 18.5 Å². The lowest BCUT2D eigenvalue weighted by atomic mass is 10.3. The molecule has 3 aromatic rings. The van der Waals surface area contributed by atoms with Crippen molar-refractivity contribution in [2.75, 3.05) is 14.2 Å². The van der Waals surface area contributed by atoms with Crippen LogP contribution in [-0.4, -0.2) is 21.6 Å². The standard InChI is InChI=1S/C20H19ClO2Si/c1-22-16-13-17(23-2)15-20(14-16)24(21,18-9-5-3-6-10-18)19-11-7-4-8-12-19/h3-15H,1-2H3. The summed E-state index contributed by atoms with van der Waals surface area (Å²) < 4.78 is 10.9. The second kappa shape index (κ2) is 7.12. The molecule has 0 spiro atoms. The first-order valence-electron chi connectivity index (χ1n) is 7.72. The largest absolute Gasteiger partial charge is 0.497 e. The Morgan fingerprint density at radius 2 is 1.04 bits per heavy atom. The van der Waals surface area contributed by atoms with Crippen molar-refractivity contribution in [2.45, 2.75) is 0 Å². The third-order valence-electron chi connectivity index (χ3n) is 4.09. The molecule has 0 atom stereocenters. The van der Waals surface area contributed by atoms with Crippen LogP contribution >= 0.6 is 11.1 Å². The van der Waals surface area contributed by atoms with E-state index in [2.05, 4.69) is 24.3 Å². The van der Waals surface area contributed by atoms with Crippen molar-refractivity contribution in [3.8, 4) is 11.5 Å². The Bertz CT molecular complexity index is 745. The highest BCUT2D eigenvalue weighted by molar-refractivity contribution is 7.40. The molecule has 3 rings (SSSR count). The highest BCUT2D eigenvalue weighted by Gasteiger charge is 2.38. The van der Waals surface area contributed by atoms with E-state index in [9.17, 15) is 0 Å². The van der Waals surface area contributed by atoms with Gasteiger partial charge in [-0.15, -0.1) is 11.1 Å². The monoisotopic (exact) mass is 354 g/mol. The van der Waals surface area contributed by atoms with Crippen LogP contribution in [0.15, 0.2) is 78.9 Å². The minimum absolute atomic E-state index is 0.744. The molecule has 0 heterocycles. The summed E-state index contributed by atoms with van der Waals surface area (Å²) in [5, 5.41) is 3.30. The molecule has 0 bridgehead atoms. The van der Waals surface area contributed by atoms with Gasteiger partial charge >= 0.3 is 0 Å². The minimum atomic E-state index is -2.66. The molecule has 0 aliphatic carbocycles. The van der Waals surface area contributed by atoms with Crippen LogP contribution in [0.2, 0.25) is 0 Å². The Kier molecular flexibility index (Phi) is 4.93. The van der Waals surface area contributed by atoms with Gasteiger partial charge in [0.25, 0.3) is 0 Å². The van der Waals surface area contributed by atoms with E-state index < -0.39 is 7.38 Å². The summed E-state index contributed by atoms with van der Waals surface area (Å²) in [5.41, 5.74) is 0. The van der Waals surface area contributed by atoms with Gasteiger partial charge in [0, 0.05) is 6.07 Å². The molecule has 0 aromatic heterocycles. The molecule has 4 heteroatoms. The van der Waals surface area contributed by atoms with Crippen molar-refractivity contribution in [3.05, 3.63) is 78.9 Å². The number of hydrogen-bond acceptors (Lipinski definition) is 2. The highest BCUT2D eigenvalue weighted by Crippen LogP contribution is 2.22. The molecular formula is C20H19ClO2Si. The van der Waals surface area contributed by atoms with Gasteiger partial charge in [-0.2, -0.15) is 0 Å². The maximum absolute atomic E-state index is 7.40. The zero-order valence-electron chi connectivity index (χ0n) is 13.7. The summed E-state index contributed by atoms with van der Waals surface area (Å²) in [6.45, 7) is 0. The molecule has 0 radical (unpaired) electrons. The number of benzene rings is 3. The van der Waals surface area contributed by atoms with E-state index in [0.717, 1.165) is 27.1 Å². The lowest BCUT2D eigenvalue weighted by Crippen LogP contribution is -2.62. The maximum Gasteiger partial charge on any atom is 0.248 e. The minimum Gasteiger partial charge on any atom is -0.497 e. The first-order valence-corrected chi connectivity index (χ1v) is 10.7. The van der Waals surface area contributed by atoms with E-state index in [-0.39, 0.29) is 0 Å². The van der Waals surface area contributed by atoms with E-state index in [4.69, 9.17) is 20.6 Å². The number of rotatable bonds is 5. The average molecular weight is 355 g/mol. The van der Waals surface area contributed by atoms with E-state index in [0.29, 0.717) is 0 Å². The fourth-order valence-corrected chi connectivity index (χ4v) is 6.91. The van der Waals surface area contributed by atoms with Gasteiger partial charge in [0.15, 0.2) is 0 Å². The SMILES string of the molecule is COc1cc(OC)cc([Si](Cl)(c2ccccc2)c2ccccc2)c1. The zero-order chi connectivity index (χ0) is 17.0. The van der Waals surface area contributed by atoms with Crippen LogP contribution in [-0.2, 0) is 0 Å². The third-order valence-corrected chi connectivity index (χ3v) is 9.40.